The van der Waals surface area contributed by atoms with E-state index in [1.165, 1.54) is 11.3 Å². The molecule has 0 saturated carbocycles. The molecule has 1 heterocycles. The van der Waals surface area contributed by atoms with Gasteiger partial charge in [-0.25, -0.2) is 13.1 Å². The SMILES string of the molecule is CCC(CC)C(C)NS(=O)(=O)c1cc(CN)sc1Br. The molecule has 110 valence electrons. The van der Waals surface area contributed by atoms with Crippen LogP contribution in [0.2, 0.25) is 0 Å². The lowest BCUT2D eigenvalue weighted by molar-refractivity contribution is 0.390. The third-order valence-corrected chi connectivity index (χ3v) is 7.13. The molecule has 1 rings (SSSR count). The molecular weight excluding hydrogens is 348 g/mol. The molecule has 0 aliphatic carbocycles. The zero-order valence-electron chi connectivity index (χ0n) is 11.4. The third kappa shape index (κ3) is 4.26. The Balaban J connectivity index is 2.94. The Hall–Kier alpha value is 0.0500. The summed E-state index contributed by atoms with van der Waals surface area (Å²) < 4.78 is 28.1. The van der Waals surface area contributed by atoms with Gasteiger partial charge in [-0.2, -0.15) is 0 Å². The quantitative estimate of drug-likeness (QED) is 0.776. The number of nitrogens with two attached hydrogens (primary N) is 1. The van der Waals surface area contributed by atoms with Crippen LogP contribution in [0.4, 0.5) is 0 Å². The first-order chi connectivity index (χ1) is 8.85. The topological polar surface area (TPSA) is 72.2 Å². The van der Waals surface area contributed by atoms with Gasteiger partial charge in [0.1, 0.15) is 4.90 Å². The molecule has 1 aromatic heterocycles. The average molecular weight is 369 g/mol. The molecule has 1 atom stereocenters. The van der Waals surface area contributed by atoms with Crippen molar-refractivity contribution >= 4 is 37.3 Å². The molecule has 0 aliphatic rings. The van der Waals surface area contributed by atoms with Gasteiger partial charge in [-0.3, -0.25) is 0 Å². The minimum absolute atomic E-state index is 0.0758. The first-order valence-electron chi connectivity index (χ1n) is 6.36. The molecule has 0 amide bonds. The lowest BCUT2D eigenvalue weighted by Crippen LogP contribution is -2.37. The first kappa shape index (κ1) is 17.1. The Labute approximate surface area is 128 Å². The fraction of sp³-hybridized carbons (Fsp3) is 0.667. The van der Waals surface area contributed by atoms with Gasteiger partial charge in [-0.1, -0.05) is 26.7 Å². The van der Waals surface area contributed by atoms with E-state index in [0.717, 1.165) is 17.7 Å². The smallest absolute Gasteiger partial charge is 0.242 e. The Morgan fingerprint density at radius 3 is 2.42 bits per heavy atom. The summed E-state index contributed by atoms with van der Waals surface area (Å²) >= 11 is 4.66. The van der Waals surface area contributed by atoms with Crippen molar-refractivity contribution in [3.8, 4) is 0 Å². The second-order valence-corrected chi connectivity index (χ2v) is 8.68. The van der Waals surface area contributed by atoms with Crippen molar-refractivity contribution in [3.63, 3.8) is 0 Å². The van der Waals surface area contributed by atoms with Crippen LogP contribution in [-0.4, -0.2) is 14.5 Å². The highest BCUT2D eigenvalue weighted by Crippen LogP contribution is 2.31. The van der Waals surface area contributed by atoms with E-state index >= 15 is 0 Å². The zero-order chi connectivity index (χ0) is 14.6. The van der Waals surface area contributed by atoms with Crippen LogP contribution in [0, 0.1) is 5.92 Å². The summed E-state index contributed by atoms with van der Waals surface area (Å²) in [5.41, 5.74) is 5.54. The summed E-state index contributed by atoms with van der Waals surface area (Å²) in [4.78, 5) is 1.14. The van der Waals surface area contributed by atoms with Gasteiger partial charge in [0.15, 0.2) is 0 Å². The number of rotatable bonds is 7. The van der Waals surface area contributed by atoms with Crippen molar-refractivity contribution in [1.29, 1.82) is 0 Å². The van der Waals surface area contributed by atoms with Crippen LogP contribution in [0.1, 0.15) is 38.5 Å². The molecular formula is C12H21BrN2O2S2. The van der Waals surface area contributed by atoms with Crippen molar-refractivity contribution < 1.29 is 8.42 Å². The van der Waals surface area contributed by atoms with Crippen molar-refractivity contribution in [1.82, 2.24) is 4.72 Å². The van der Waals surface area contributed by atoms with E-state index in [9.17, 15) is 8.42 Å². The van der Waals surface area contributed by atoms with Crippen LogP contribution in [0.3, 0.4) is 0 Å². The number of hydrogen-bond donors (Lipinski definition) is 2. The minimum Gasteiger partial charge on any atom is -0.326 e. The second kappa shape index (κ2) is 7.17. The highest BCUT2D eigenvalue weighted by Gasteiger charge is 2.25. The highest BCUT2D eigenvalue weighted by molar-refractivity contribution is 9.11. The number of nitrogens with one attached hydrogen (secondary N) is 1. The molecule has 1 unspecified atom stereocenters. The third-order valence-electron chi connectivity index (χ3n) is 3.29. The molecule has 0 bridgehead atoms. The van der Waals surface area contributed by atoms with E-state index in [-0.39, 0.29) is 10.9 Å². The fourth-order valence-electron chi connectivity index (χ4n) is 2.08. The fourth-order valence-corrected chi connectivity index (χ4v) is 5.96. The summed E-state index contributed by atoms with van der Waals surface area (Å²) in [5, 5.41) is 0. The van der Waals surface area contributed by atoms with Crippen LogP contribution in [0.15, 0.2) is 14.7 Å². The molecule has 0 radical (unpaired) electrons. The van der Waals surface area contributed by atoms with Crippen molar-refractivity contribution in [2.75, 3.05) is 0 Å². The lowest BCUT2D eigenvalue weighted by Gasteiger charge is -2.22. The molecule has 7 heteroatoms. The standard InChI is InChI=1S/C12H21BrN2O2S2/c1-4-9(5-2)8(3)15-19(16,17)11-6-10(7-14)18-12(11)13/h6,8-9,15H,4-5,7,14H2,1-3H3. The van der Waals surface area contributed by atoms with Crippen molar-refractivity contribution in [2.45, 2.75) is 51.1 Å². The van der Waals surface area contributed by atoms with Crippen LogP contribution < -0.4 is 10.5 Å². The van der Waals surface area contributed by atoms with Gasteiger partial charge in [0, 0.05) is 17.5 Å². The normalized spacial score (nSPS) is 14.0. The van der Waals surface area contributed by atoms with E-state index in [1.807, 2.05) is 6.92 Å². The molecule has 0 aliphatic heterocycles. The van der Waals surface area contributed by atoms with Gasteiger partial charge in [-0.15, -0.1) is 11.3 Å². The van der Waals surface area contributed by atoms with Crippen LogP contribution in [0.5, 0.6) is 0 Å². The molecule has 0 fully saturated rings. The van der Waals surface area contributed by atoms with Gasteiger partial charge in [-0.05, 0) is 34.8 Å². The average Bonchev–Trinajstić information content (AvgIpc) is 2.72. The summed E-state index contributed by atoms with van der Waals surface area (Å²) in [6, 6.07) is 1.56. The van der Waals surface area contributed by atoms with Crippen LogP contribution in [-0.2, 0) is 16.6 Å². The minimum atomic E-state index is -3.49. The Morgan fingerprint density at radius 2 is 2.00 bits per heavy atom. The van der Waals surface area contributed by atoms with Gasteiger partial charge < -0.3 is 5.73 Å². The largest absolute Gasteiger partial charge is 0.326 e. The molecule has 4 nitrogen and oxygen atoms in total. The number of thiophene rings is 1. The Kier molecular flexibility index (Phi) is 6.46. The van der Waals surface area contributed by atoms with Crippen molar-refractivity contribution in [3.05, 3.63) is 14.7 Å². The summed E-state index contributed by atoms with van der Waals surface area (Å²) in [7, 11) is -3.49. The predicted octanol–water partition coefficient (Wildman–Crippen LogP) is 3.07. The van der Waals surface area contributed by atoms with E-state index in [0.29, 0.717) is 16.2 Å². The Morgan fingerprint density at radius 1 is 1.42 bits per heavy atom. The van der Waals surface area contributed by atoms with Crippen molar-refractivity contribution in [2.24, 2.45) is 11.7 Å². The van der Waals surface area contributed by atoms with Crippen LogP contribution >= 0.6 is 27.3 Å². The van der Waals surface area contributed by atoms with Crippen LogP contribution in [0.25, 0.3) is 0 Å². The summed E-state index contributed by atoms with van der Waals surface area (Å²) in [6.45, 7) is 6.41. The van der Waals surface area contributed by atoms with E-state index in [4.69, 9.17) is 5.73 Å². The van der Waals surface area contributed by atoms with Gasteiger partial charge >= 0.3 is 0 Å². The molecule has 19 heavy (non-hydrogen) atoms. The zero-order valence-corrected chi connectivity index (χ0v) is 14.7. The summed E-state index contributed by atoms with van der Waals surface area (Å²) in [6.07, 6.45) is 1.91. The maximum atomic E-state index is 12.4. The number of halogens is 1. The molecule has 1 aromatic rings. The monoisotopic (exact) mass is 368 g/mol. The second-order valence-electron chi connectivity index (χ2n) is 4.54. The van der Waals surface area contributed by atoms with Gasteiger partial charge in [0.05, 0.1) is 3.79 Å². The van der Waals surface area contributed by atoms with E-state index < -0.39 is 10.0 Å². The lowest BCUT2D eigenvalue weighted by atomic mass is 9.96. The summed E-state index contributed by atoms with van der Waals surface area (Å²) in [5.74, 6) is 0.348. The van der Waals surface area contributed by atoms with Gasteiger partial charge in [0.2, 0.25) is 10.0 Å². The first-order valence-corrected chi connectivity index (χ1v) is 9.45. The number of sulfonamides is 1. The number of hydrogen-bond acceptors (Lipinski definition) is 4. The predicted molar refractivity (Wildman–Crippen MR) is 83.8 cm³/mol. The molecule has 0 saturated heterocycles. The van der Waals surface area contributed by atoms with Gasteiger partial charge in [0.25, 0.3) is 0 Å². The molecule has 0 aromatic carbocycles. The van der Waals surface area contributed by atoms with E-state index in [1.54, 1.807) is 6.07 Å². The molecule has 3 N–H and O–H groups in total. The Bertz CT molecular complexity index is 510. The maximum Gasteiger partial charge on any atom is 0.242 e. The molecule has 0 spiro atoms. The highest BCUT2D eigenvalue weighted by atomic mass is 79.9. The van der Waals surface area contributed by atoms with E-state index in [2.05, 4.69) is 34.5 Å². The maximum absolute atomic E-state index is 12.4.